The number of hydrogen-bond donors (Lipinski definition) is 0. The maximum absolute atomic E-state index is 12.7. The number of ether oxygens (including phenoxy) is 3. The van der Waals surface area contributed by atoms with Gasteiger partial charge in [-0.2, -0.15) is 0 Å². The number of hydrogen-bond acceptors (Lipinski definition) is 5. The van der Waals surface area contributed by atoms with E-state index in [1.807, 2.05) is 0 Å². The van der Waals surface area contributed by atoms with Crippen molar-refractivity contribution in [2.75, 3.05) is 39.4 Å². The first-order chi connectivity index (χ1) is 12.1. The van der Waals surface area contributed by atoms with Crippen LogP contribution in [0.5, 0.6) is 5.75 Å². The summed E-state index contributed by atoms with van der Waals surface area (Å²) in [6.07, 6.45) is 0. The van der Waals surface area contributed by atoms with Crippen molar-refractivity contribution in [2.45, 2.75) is 0 Å². The molecule has 0 aliphatic heterocycles. The summed E-state index contributed by atoms with van der Waals surface area (Å²) in [4.78, 5) is 25.6. The Labute approximate surface area is 146 Å². The molecule has 0 aliphatic carbocycles. The first-order valence-electron chi connectivity index (χ1n) is 7.75. The Morgan fingerprint density at radius 1 is 0.960 bits per heavy atom. The van der Waals surface area contributed by atoms with Gasteiger partial charge >= 0.3 is 5.97 Å². The average Bonchev–Trinajstić information content (AvgIpc) is 2.66. The van der Waals surface area contributed by atoms with Gasteiger partial charge in [0.15, 0.2) is 0 Å². The van der Waals surface area contributed by atoms with E-state index < -0.39 is 5.97 Å². The van der Waals surface area contributed by atoms with Crippen LogP contribution in [0.2, 0.25) is 0 Å². The standard InChI is InChI=1S/C19H21NO5/c1-20(16-9-7-14(8-10-16)19(22)24-3)18(21)15-5-4-6-17(13-15)25-12-11-23-2/h4-10,13H,11-12H2,1-3H3. The van der Waals surface area contributed by atoms with Gasteiger partial charge in [-0.25, -0.2) is 4.79 Å². The molecule has 0 heterocycles. The van der Waals surface area contributed by atoms with E-state index in [9.17, 15) is 9.59 Å². The second-order valence-corrected chi connectivity index (χ2v) is 5.27. The largest absolute Gasteiger partial charge is 0.491 e. The molecular weight excluding hydrogens is 322 g/mol. The highest BCUT2D eigenvalue weighted by molar-refractivity contribution is 6.06. The molecule has 0 atom stereocenters. The minimum Gasteiger partial charge on any atom is -0.491 e. The molecule has 0 N–H and O–H groups in total. The highest BCUT2D eigenvalue weighted by atomic mass is 16.5. The number of benzene rings is 2. The van der Waals surface area contributed by atoms with E-state index in [1.54, 1.807) is 62.7 Å². The summed E-state index contributed by atoms with van der Waals surface area (Å²) in [5.74, 6) is 0.0155. The van der Waals surface area contributed by atoms with Crippen LogP contribution in [0.25, 0.3) is 0 Å². The minimum atomic E-state index is -0.415. The zero-order valence-corrected chi connectivity index (χ0v) is 14.5. The van der Waals surface area contributed by atoms with Crippen molar-refractivity contribution in [3.8, 4) is 5.75 Å². The third-order valence-corrected chi connectivity index (χ3v) is 3.62. The van der Waals surface area contributed by atoms with E-state index in [4.69, 9.17) is 9.47 Å². The van der Waals surface area contributed by atoms with E-state index in [1.165, 1.54) is 12.0 Å². The molecule has 0 spiro atoms. The van der Waals surface area contributed by atoms with E-state index in [0.717, 1.165) is 0 Å². The van der Waals surface area contributed by atoms with Crippen molar-refractivity contribution in [3.63, 3.8) is 0 Å². The smallest absolute Gasteiger partial charge is 0.337 e. The topological polar surface area (TPSA) is 65.1 Å². The van der Waals surface area contributed by atoms with Crippen molar-refractivity contribution in [1.82, 2.24) is 0 Å². The van der Waals surface area contributed by atoms with Crippen LogP contribution in [0.3, 0.4) is 0 Å². The normalized spacial score (nSPS) is 10.2. The Kier molecular flexibility index (Phi) is 6.54. The number of methoxy groups -OCH3 is 2. The fourth-order valence-electron chi connectivity index (χ4n) is 2.21. The van der Waals surface area contributed by atoms with Gasteiger partial charge in [-0.05, 0) is 42.5 Å². The second-order valence-electron chi connectivity index (χ2n) is 5.27. The summed E-state index contributed by atoms with van der Waals surface area (Å²) in [5.41, 5.74) is 1.61. The number of carbonyl (C=O) groups excluding carboxylic acids is 2. The van der Waals surface area contributed by atoms with Crippen LogP contribution in [0.1, 0.15) is 20.7 Å². The molecule has 0 aliphatic rings. The number of nitrogens with zero attached hydrogens (tertiary/aromatic N) is 1. The molecule has 0 radical (unpaired) electrons. The van der Waals surface area contributed by atoms with E-state index in [-0.39, 0.29) is 5.91 Å². The quantitative estimate of drug-likeness (QED) is 0.571. The van der Waals surface area contributed by atoms with Gasteiger partial charge in [0.05, 0.1) is 19.3 Å². The fourth-order valence-corrected chi connectivity index (χ4v) is 2.21. The first kappa shape index (κ1) is 18.5. The summed E-state index contributed by atoms with van der Waals surface area (Å²) < 4.78 is 15.1. The lowest BCUT2D eigenvalue weighted by Gasteiger charge is -2.18. The molecule has 2 aromatic carbocycles. The van der Waals surface area contributed by atoms with Gasteiger partial charge in [0.25, 0.3) is 5.91 Å². The molecule has 0 fully saturated rings. The maximum Gasteiger partial charge on any atom is 0.337 e. The second kappa shape index (κ2) is 8.84. The van der Waals surface area contributed by atoms with Crippen molar-refractivity contribution in [2.24, 2.45) is 0 Å². The molecule has 0 aromatic heterocycles. The molecule has 2 aromatic rings. The lowest BCUT2D eigenvalue weighted by molar-refractivity contribution is 0.0600. The molecular formula is C19H21NO5. The first-order valence-corrected chi connectivity index (χ1v) is 7.75. The zero-order chi connectivity index (χ0) is 18.2. The molecule has 6 nitrogen and oxygen atoms in total. The molecule has 0 saturated carbocycles. The van der Waals surface area contributed by atoms with Gasteiger partial charge < -0.3 is 19.1 Å². The lowest BCUT2D eigenvalue weighted by atomic mass is 10.1. The third kappa shape index (κ3) is 4.81. The van der Waals surface area contributed by atoms with Gasteiger partial charge in [-0.1, -0.05) is 6.07 Å². The van der Waals surface area contributed by atoms with Gasteiger partial charge in [0, 0.05) is 25.4 Å². The molecule has 6 heteroatoms. The zero-order valence-electron chi connectivity index (χ0n) is 14.5. The van der Waals surface area contributed by atoms with Crippen LogP contribution in [0, 0.1) is 0 Å². The van der Waals surface area contributed by atoms with Gasteiger partial charge in [-0.3, -0.25) is 4.79 Å². The molecule has 25 heavy (non-hydrogen) atoms. The van der Waals surface area contributed by atoms with E-state index in [0.29, 0.717) is 35.8 Å². The average molecular weight is 343 g/mol. The van der Waals surface area contributed by atoms with E-state index >= 15 is 0 Å². The van der Waals surface area contributed by atoms with Crippen molar-refractivity contribution >= 4 is 17.6 Å². The van der Waals surface area contributed by atoms with Crippen LogP contribution in [-0.4, -0.2) is 46.4 Å². The Balaban J connectivity index is 2.11. The summed E-state index contributed by atoms with van der Waals surface area (Å²) >= 11 is 0. The van der Waals surface area contributed by atoms with Crippen molar-refractivity contribution < 1.29 is 23.8 Å². The Morgan fingerprint density at radius 3 is 2.32 bits per heavy atom. The maximum atomic E-state index is 12.7. The number of rotatable bonds is 7. The fraction of sp³-hybridized carbons (Fsp3) is 0.263. The molecule has 0 bridgehead atoms. The Hall–Kier alpha value is -2.86. The summed E-state index contributed by atoms with van der Waals surface area (Å²) in [5, 5.41) is 0. The highest BCUT2D eigenvalue weighted by Crippen LogP contribution is 2.19. The van der Waals surface area contributed by atoms with Crippen LogP contribution in [-0.2, 0) is 9.47 Å². The van der Waals surface area contributed by atoms with Crippen LogP contribution >= 0.6 is 0 Å². The highest BCUT2D eigenvalue weighted by Gasteiger charge is 2.15. The van der Waals surface area contributed by atoms with Crippen LogP contribution in [0.15, 0.2) is 48.5 Å². The van der Waals surface area contributed by atoms with Crippen LogP contribution < -0.4 is 9.64 Å². The molecule has 0 unspecified atom stereocenters. The molecule has 2 rings (SSSR count). The number of esters is 1. The molecule has 132 valence electrons. The predicted octanol–water partition coefficient (Wildman–Crippen LogP) is 2.78. The Bertz CT molecular complexity index is 727. The van der Waals surface area contributed by atoms with Gasteiger partial charge in [0.1, 0.15) is 12.4 Å². The van der Waals surface area contributed by atoms with E-state index in [2.05, 4.69) is 4.74 Å². The monoisotopic (exact) mass is 343 g/mol. The van der Waals surface area contributed by atoms with Gasteiger partial charge in [-0.15, -0.1) is 0 Å². The Morgan fingerprint density at radius 2 is 1.68 bits per heavy atom. The van der Waals surface area contributed by atoms with Crippen molar-refractivity contribution in [1.29, 1.82) is 0 Å². The summed E-state index contributed by atoms with van der Waals surface area (Å²) in [6, 6.07) is 13.6. The van der Waals surface area contributed by atoms with Gasteiger partial charge in [0.2, 0.25) is 0 Å². The number of amides is 1. The van der Waals surface area contributed by atoms with Crippen LogP contribution in [0.4, 0.5) is 5.69 Å². The third-order valence-electron chi connectivity index (χ3n) is 3.62. The summed E-state index contributed by atoms with van der Waals surface area (Å²) in [7, 11) is 4.60. The lowest BCUT2D eigenvalue weighted by Crippen LogP contribution is -2.26. The predicted molar refractivity (Wildman–Crippen MR) is 94.3 cm³/mol. The minimum absolute atomic E-state index is 0.178. The van der Waals surface area contributed by atoms with Crippen molar-refractivity contribution in [3.05, 3.63) is 59.7 Å². The number of carbonyl (C=O) groups is 2. The molecule has 1 amide bonds. The summed E-state index contributed by atoms with van der Waals surface area (Å²) in [6.45, 7) is 0.892. The SMILES string of the molecule is COCCOc1cccc(C(=O)N(C)c2ccc(C(=O)OC)cc2)c1. The number of anilines is 1. The molecule has 0 saturated heterocycles.